The van der Waals surface area contributed by atoms with Crippen LogP contribution < -0.4 is 5.32 Å². The SMILES string of the molecule is CCOC(=O)N1CCC(NC(=O)c2cncc(C3=CCC(C)(C(C)(C)C)C=C3)c2)CC1. The standard InChI is InChI=1S/C25H35N3O3/c1-6-31-23(30)28-13-9-21(10-14-28)27-22(29)20-15-19(16-26-17-20)18-7-11-25(5,12-8-18)24(2,3)4/h7-8,11,15-17,21H,6,9-10,12-14H2,1-5H3,(H,27,29). The molecule has 31 heavy (non-hydrogen) atoms. The van der Waals surface area contributed by atoms with Crippen molar-refractivity contribution in [3.8, 4) is 0 Å². The van der Waals surface area contributed by atoms with Gasteiger partial charge in [0.05, 0.1) is 12.2 Å². The van der Waals surface area contributed by atoms with E-state index in [2.05, 4.69) is 56.2 Å². The molecule has 0 aromatic carbocycles. The van der Waals surface area contributed by atoms with Crippen LogP contribution >= 0.6 is 0 Å². The highest BCUT2D eigenvalue weighted by molar-refractivity contribution is 5.95. The number of piperidine rings is 1. The molecule has 1 atom stereocenters. The van der Waals surface area contributed by atoms with Crippen LogP contribution in [0.25, 0.3) is 5.57 Å². The number of rotatable bonds is 4. The van der Waals surface area contributed by atoms with Gasteiger partial charge in [-0.2, -0.15) is 0 Å². The number of carbonyl (C=O) groups is 2. The first kappa shape index (κ1) is 23.0. The van der Waals surface area contributed by atoms with Crippen molar-refractivity contribution < 1.29 is 14.3 Å². The normalized spacial score (nSPS) is 22.1. The fourth-order valence-corrected chi connectivity index (χ4v) is 3.91. The van der Waals surface area contributed by atoms with Gasteiger partial charge in [0, 0.05) is 37.1 Å². The van der Waals surface area contributed by atoms with E-state index in [9.17, 15) is 9.59 Å². The number of carbonyl (C=O) groups excluding carboxylic acids is 2. The van der Waals surface area contributed by atoms with Gasteiger partial charge in [0.15, 0.2) is 0 Å². The Hall–Kier alpha value is -2.63. The summed E-state index contributed by atoms with van der Waals surface area (Å²) >= 11 is 0. The number of hydrogen-bond acceptors (Lipinski definition) is 4. The molecular weight excluding hydrogens is 390 g/mol. The maximum absolute atomic E-state index is 12.8. The predicted molar refractivity (Wildman–Crippen MR) is 123 cm³/mol. The Morgan fingerprint density at radius 2 is 1.97 bits per heavy atom. The highest BCUT2D eigenvalue weighted by Crippen LogP contribution is 2.46. The van der Waals surface area contributed by atoms with Crippen LogP contribution in [0.1, 0.15) is 69.8 Å². The second-order valence-corrected chi connectivity index (χ2v) is 9.76. The molecule has 1 N–H and O–H groups in total. The zero-order chi connectivity index (χ0) is 22.6. The molecule has 1 aliphatic carbocycles. The molecule has 1 unspecified atom stereocenters. The average Bonchev–Trinajstić information content (AvgIpc) is 2.74. The third kappa shape index (κ3) is 5.35. The Bertz CT molecular complexity index is 876. The van der Waals surface area contributed by atoms with Crippen LogP contribution in [0.15, 0.2) is 36.7 Å². The van der Waals surface area contributed by atoms with Gasteiger partial charge >= 0.3 is 6.09 Å². The van der Waals surface area contributed by atoms with Gasteiger partial charge in [-0.05, 0) is 48.7 Å². The van der Waals surface area contributed by atoms with Gasteiger partial charge < -0.3 is 15.0 Å². The summed E-state index contributed by atoms with van der Waals surface area (Å²) in [6, 6.07) is 1.95. The lowest BCUT2D eigenvalue weighted by molar-refractivity contribution is 0.0859. The van der Waals surface area contributed by atoms with E-state index in [4.69, 9.17) is 4.74 Å². The zero-order valence-electron chi connectivity index (χ0n) is 19.4. The number of ether oxygens (including phenoxy) is 1. The van der Waals surface area contributed by atoms with E-state index in [0.29, 0.717) is 25.3 Å². The Labute approximate surface area is 185 Å². The van der Waals surface area contributed by atoms with Crippen molar-refractivity contribution >= 4 is 17.6 Å². The number of pyridine rings is 1. The molecule has 6 heteroatoms. The van der Waals surface area contributed by atoms with Gasteiger partial charge in [-0.3, -0.25) is 9.78 Å². The Morgan fingerprint density at radius 3 is 2.55 bits per heavy atom. The van der Waals surface area contributed by atoms with Crippen LogP contribution in [-0.4, -0.2) is 47.6 Å². The molecule has 2 amide bonds. The van der Waals surface area contributed by atoms with E-state index >= 15 is 0 Å². The molecular formula is C25H35N3O3. The number of likely N-dealkylation sites (tertiary alicyclic amines) is 1. The van der Waals surface area contributed by atoms with Crippen molar-refractivity contribution in [1.82, 2.24) is 15.2 Å². The van der Waals surface area contributed by atoms with Crippen molar-refractivity contribution in [1.29, 1.82) is 0 Å². The summed E-state index contributed by atoms with van der Waals surface area (Å²) in [7, 11) is 0. The maximum atomic E-state index is 12.8. The summed E-state index contributed by atoms with van der Waals surface area (Å²) in [5.41, 5.74) is 2.90. The number of hydrogen-bond donors (Lipinski definition) is 1. The lowest BCUT2D eigenvalue weighted by Gasteiger charge is -2.41. The smallest absolute Gasteiger partial charge is 0.409 e. The molecule has 0 spiro atoms. The summed E-state index contributed by atoms with van der Waals surface area (Å²) in [5, 5.41) is 3.09. The first-order valence-corrected chi connectivity index (χ1v) is 11.2. The number of nitrogens with one attached hydrogen (secondary N) is 1. The molecule has 1 aromatic rings. The molecule has 0 radical (unpaired) electrons. The van der Waals surface area contributed by atoms with Crippen molar-refractivity contribution in [2.45, 2.75) is 59.9 Å². The number of amides is 2. The van der Waals surface area contributed by atoms with Crippen molar-refractivity contribution in [2.24, 2.45) is 10.8 Å². The molecule has 0 bridgehead atoms. The lowest BCUT2D eigenvalue weighted by atomic mass is 9.64. The molecule has 1 aromatic heterocycles. The molecule has 1 aliphatic heterocycles. The molecule has 3 rings (SSSR count). The van der Waals surface area contributed by atoms with E-state index in [1.807, 2.05) is 12.3 Å². The Morgan fingerprint density at radius 1 is 1.26 bits per heavy atom. The molecule has 6 nitrogen and oxygen atoms in total. The summed E-state index contributed by atoms with van der Waals surface area (Å²) in [4.78, 5) is 30.6. The van der Waals surface area contributed by atoms with Gasteiger partial charge in [-0.1, -0.05) is 45.9 Å². The molecule has 0 saturated carbocycles. The van der Waals surface area contributed by atoms with E-state index in [0.717, 1.165) is 30.4 Å². The number of nitrogens with zero attached hydrogens (tertiary/aromatic N) is 2. The summed E-state index contributed by atoms with van der Waals surface area (Å²) in [5.74, 6) is -0.121. The second kappa shape index (κ2) is 9.25. The third-order valence-corrected chi connectivity index (χ3v) is 6.78. The van der Waals surface area contributed by atoms with Crippen molar-refractivity contribution in [3.05, 3.63) is 47.8 Å². The van der Waals surface area contributed by atoms with Crippen LogP contribution in [0.2, 0.25) is 0 Å². The van der Waals surface area contributed by atoms with Crippen LogP contribution in [-0.2, 0) is 4.74 Å². The van der Waals surface area contributed by atoms with Gasteiger partial charge in [0.25, 0.3) is 5.91 Å². The predicted octanol–water partition coefficient (Wildman–Crippen LogP) is 4.83. The Kier molecular flexibility index (Phi) is 6.87. The maximum Gasteiger partial charge on any atom is 0.409 e. The third-order valence-electron chi connectivity index (χ3n) is 6.78. The fraction of sp³-hybridized carbons (Fsp3) is 0.560. The van der Waals surface area contributed by atoms with Gasteiger partial charge in [-0.15, -0.1) is 0 Å². The molecule has 2 aliphatic rings. The van der Waals surface area contributed by atoms with Crippen LogP contribution in [0.5, 0.6) is 0 Å². The van der Waals surface area contributed by atoms with E-state index in [1.54, 1.807) is 18.0 Å². The van der Waals surface area contributed by atoms with Crippen molar-refractivity contribution in [2.75, 3.05) is 19.7 Å². The van der Waals surface area contributed by atoms with Gasteiger partial charge in [-0.25, -0.2) is 4.79 Å². The molecule has 1 fully saturated rings. The summed E-state index contributed by atoms with van der Waals surface area (Å²) in [6.07, 6.45) is 12.2. The first-order valence-electron chi connectivity index (χ1n) is 11.2. The van der Waals surface area contributed by atoms with Gasteiger partial charge in [0.1, 0.15) is 0 Å². The minimum Gasteiger partial charge on any atom is -0.450 e. The average molecular weight is 426 g/mol. The largest absolute Gasteiger partial charge is 0.450 e. The van der Waals surface area contributed by atoms with E-state index in [1.165, 1.54) is 0 Å². The minimum absolute atomic E-state index is 0.0446. The molecule has 2 heterocycles. The summed E-state index contributed by atoms with van der Waals surface area (Å²) in [6.45, 7) is 12.4. The number of allylic oxidation sites excluding steroid dienone is 4. The topological polar surface area (TPSA) is 71.5 Å². The van der Waals surface area contributed by atoms with Gasteiger partial charge in [0.2, 0.25) is 0 Å². The molecule has 1 saturated heterocycles. The first-order chi connectivity index (χ1) is 14.6. The number of aromatic nitrogens is 1. The highest BCUT2D eigenvalue weighted by atomic mass is 16.6. The minimum atomic E-state index is -0.277. The van der Waals surface area contributed by atoms with Crippen LogP contribution in [0.3, 0.4) is 0 Å². The lowest BCUT2D eigenvalue weighted by Crippen LogP contribution is -2.46. The zero-order valence-corrected chi connectivity index (χ0v) is 19.4. The molecule has 168 valence electrons. The fourth-order valence-electron chi connectivity index (χ4n) is 3.91. The quantitative estimate of drug-likeness (QED) is 0.750. The van der Waals surface area contributed by atoms with E-state index in [-0.39, 0.29) is 28.9 Å². The van der Waals surface area contributed by atoms with E-state index < -0.39 is 0 Å². The Balaban J connectivity index is 1.60. The van der Waals surface area contributed by atoms with Crippen LogP contribution in [0.4, 0.5) is 4.79 Å². The van der Waals surface area contributed by atoms with Crippen LogP contribution in [0, 0.1) is 10.8 Å². The van der Waals surface area contributed by atoms with Crippen molar-refractivity contribution in [3.63, 3.8) is 0 Å². The highest BCUT2D eigenvalue weighted by Gasteiger charge is 2.35. The summed E-state index contributed by atoms with van der Waals surface area (Å²) < 4.78 is 5.05. The monoisotopic (exact) mass is 425 g/mol. The second-order valence-electron chi connectivity index (χ2n) is 9.76.